The molecule has 1 fully saturated rings. The van der Waals surface area contributed by atoms with Gasteiger partial charge in [-0.25, -0.2) is 8.42 Å². The van der Waals surface area contributed by atoms with E-state index in [1.807, 2.05) is 25.1 Å². The number of thiophene rings is 1. The molecule has 1 aliphatic rings. The quantitative estimate of drug-likeness (QED) is 0.700. The largest absolute Gasteiger partial charge is 0.356 e. The van der Waals surface area contributed by atoms with E-state index in [1.54, 1.807) is 10.4 Å². The van der Waals surface area contributed by atoms with Crippen LogP contribution >= 0.6 is 11.3 Å². The fourth-order valence-electron chi connectivity index (χ4n) is 3.17. The number of aromatic nitrogens is 2. The van der Waals surface area contributed by atoms with Crippen molar-refractivity contribution in [1.82, 2.24) is 14.5 Å². The molecule has 2 aromatic rings. The Morgan fingerprint density at radius 3 is 2.22 bits per heavy atom. The van der Waals surface area contributed by atoms with Crippen molar-refractivity contribution in [1.29, 1.82) is 0 Å². The predicted octanol–water partition coefficient (Wildman–Crippen LogP) is 2.46. The first-order valence-corrected chi connectivity index (χ1v) is 11.7. The second-order valence-electron chi connectivity index (χ2n) is 6.39. The average molecular weight is 410 g/mol. The molecule has 2 aromatic heterocycles. The zero-order valence-electron chi connectivity index (χ0n) is 16.1. The van der Waals surface area contributed by atoms with Gasteiger partial charge in [-0.3, -0.25) is 0 Å². The lowest BCUT2D eigenvalue weighted by Gasteiger charge is -2.34. The summed E-state index contributed by atoms with van der Waals surface area (Å²) in [6.07, 6.45) is 0.857. The minimum absolute atomic E-state index is 0.441. The molecule has 7 nitrogen and oxygen atoms in total. The SMILES string of the molecule is CCc1ccc(S(=O)(=O)N2CCN(c3ccc(N(CC)CC)nn3)CC2)s1. The number of piperazine rings is 1. The zero-order chi connectivity index (χ0) is 19.4. The summed E-state index contributed by atoms with van der Waals surface area (Å²) in [4.78, 5) is 5.33. The highest BCUT2D eigenvalue weighted by molar-refractivity contribution is 7.91. The van der Waals surface area contributed by atoms with Gasteiger partial charge in [-0.2, -0.15) is 4.31 Å². The van der Waals surface area contributed by atoms with Crippen molar-refractivity contribution in [3.8, 4) is 0 Å². The molecule has 1 saturated heterocycles. The monoisotopic (exact) mass is 409 g/mol. The maximum absolute atomic E-state index is 12.8. The summed E-state index contributed by atoms with van der Waals surface area (Å²) in [5.74, 6) is 1.67. The van der Waals surface area contributed by atoms with Gasteiger partial charge in [0.1, 0.15) is 4.21 Å². The van der Waals surface area contributed by atoms with E-state index in [4.69, 9.17) is 0 Å². The van der Waals surface area contributed by atoms with Crippen molar-refractivity contribution >= 4 is 33.0 Å². The van der Waals surface area contributed by atoms with Gasteiger partial charge in [0.15, 0.2) is 11.6 Å². The fourth-order valence-corrected chi connectivity index (χ4v) is 6.05. The molecule has 0 atom stereocenters. The number of aryl methyl sites for hydroxylation is 1. The Labute approximate surface area is 165 Å². The number of hydrogen-bond acceptors (Lipinski definition) is 7. The average Bonchev–Trinajstić information content (AvgIpc) is 3.20. The Morgan fingerprint density at radius 2 is 1.70 bits per heavy atom. The second kappa shape index (κ2) is 8.53. The first-order valence-electron chi connectivity index (χ1n) is 9.42. The van der Waals surface area contributed by atoms with Crippen molar-refractivity contribution < 1.29 is 8.42 Å². The predicted molar refractivity (Wildman–Crippen MR) is 110 cm³/mol. The smallest absolute Gasteiger partial charge is 0.252 e. The topological polar surface area (TPSA) is 69.6 Å². The van der Waals surface area contributed by atoms with E-state index in [-0.39, 0.29) is 0 Å². The summed E-state index contributed by atoms with van der Waals surface area (Å²) < 4.78 is 27.7. The molecular formula is C18H27N5O2S2. The second-order valence-corrected chi connectivity index (χ2v) is 9.72. The molecule has 0 aliphatic carbocycles. The molecule has 3 rings (SSSR count). The van der Waals surface area contributed by atoms with Gasteiger partial charge in [0.05, 0.1) is 0 Å². The van der Waals surface area contributed by atoms with Crippen molar-refractivity contribution in [2.45, 2.75) is 31.4 Å². The Hall–Kier alpha value is -1.71. The van der Waals surface area contributed by atoms with Crippen LogP contribution in [-0.2, 0) is 16.4 Å². The molecular weight excluding hydrogens is 382 g/mol. The molecule has 0 saturated carbocycles. The van der Waals surface area contributed by atoms with Crippen LogP contribution in [0.15, 0.2) is 28.5 Å². The molecule has 0 aromatic carbocycles. The van der Waals surface area contributed by atoms with E-state index >= 15 is 0 Å². The summed E-state index contributed by atoms with van der Waals surface area (Å²) in [6.45, 7) is 10.2. The Balaban J connectivity index is 1.64. The number of anilines is 2. The molecule has 0 radical (unpaired) electrons. The fraction of sp³-hybridized carbons (Fsp3) is 0.556. The summed E-state index contributed by atoms with van der Waals surface area (Å²) in [7, 11) is -3.40. The lowest BCUT2D eigenvalue weighted by molar-refractivity contribution is 0.384. The van der Waals surface area contributed by atoms with E-state index < -0.39 is 10.0 Å². The molecule has 0 bridgehead atoms. The first-order chi connectivity index (χ1) is 13.0. The molecule has 0 spiro atoms. The van der Waals surface area contributed by atoms with Crippen LogP contribution in [0.25, 0.3) is 0 Å². The van der Waals surface area contributed by atoms with Crippen molar-refractivity contribution in [3.63, 3.8) is 0 Å². The van der Waals surface area contributed by atoms with Gasteiger partial charge in [0, 0.05) is 44.1 Å². The van der Waals surface area contributed by atoms with Gasteiger partial charge in [0.25, 0.3) is 10.0 Å². The van der Waals surface area contributed by atoms with Crippen molar-refractivity contribution in [2.24, 2.45) is 0 Å². The van der Waals surface area contributed by atoms with E-state index in [9.17, 15) is 8.42 Å². The molecule has 9 heteroatoms. The third-order valence-corrected chi connectivity index (χ3v) is 8.46. The van der Waals surface area contributed by atoms with Crippen molar-refractivity contribution in [3.05, 3.63) is 29.1 Å². The van der Waals surface area contributed by atoms with Crippen LogP contribution in [0.3, 0.4) is 0 Å². The number of rotatable bonds is 7. The van der Waals surface area contributed by atoms with Gasteiger partial charge in [-0.15, -0.1) is 21.5 Å². The van der Waals surface area contributed by atoms with E-state index in [2.05, 4.69) is 33.8 Å². The van der Waals surface area contributed by atoms with Gasteiger partial charge in [-0.05, 0) is 44.5 Å². The standard InChI is InChI=1S/C18H27N5O2S2/c1-4-15-7-10-18(26-15)27(24,25)23-13-11-22(12-14-23)17-9-8-16(19-20-17)21(5-2)6-3/h7-10H,4-6,11-14H2,1-3H3. The van der Waals surface area contributed by atoms with Crippen LogP contribution in [0.5, 0.6) is 0 Å². The van der Waals surface area contributed by atoms with Crippen LogP contribution in [-0.4, -0.2) is 62.2 Å². The number of nitrogens with zero attached hydrogens (tertiary/aromatic N) is 5. The Bertz CT molecular complexity index is 839. The normalized spacial score (nSPS) is 15.9. The van der Waals surface area contributed by atoms with Crippen LogP contribution in [0, 0.1) is 0 Å². The summed E-state index contributed by atoms with van der Waals surface area (Å²) in [5.41, 5.74) is 0. The summed E-state index contributed by atoms with van der Waals surface area (Å²) in [5, 5.41) is 8.67. The highest BCUT2D eigenvalue weighted by Gasteiger charge is 2.30. The maximum atomic E-state index is 12.8. The molecule has 3 heterocycles. The van der Waals surface area contributed by atoms with Crippen molar-refractivity contribution in [2.75, 3.05) is 49.1 Å². The number of sulfonamides is 1. The first kappa shape index (κ1) is 20.0. The van der Waals surface area contributed by atoms with E-state index in [0.717, 1.165) is 36.0 Å². The van der Waals surface area contributed by atoms with Crippen LogP contribution in [0.2, 0.25) is 0 Å². The minimum Gasteiger partial charge on any atom is -0.356 e. The molecule has 0 N–H and O–H groups in total. The van der Waals surface area contributed by atoms with Gasteiger partial charge >= 0.3 is 0 Å². The van der Waals surface area contributed by atoms with Gasteiger partial charge < -0.3 is 9.80 Å². The summed E-state index contributed by atoms with van der Waals surface area (Å²) >= 11 is 1.37. The van der Waals surface area contributed by atoms with Gasteiger partial charge in [0.2, 0.25) is 0 Å². The Kier molecular flexibility index (Phi) is 6.33. The van der Waals surface area contributed by atoms with Crippen LogP contribution < -0.4 is 9.80 Å². The highest BCUT2D eigenvalue weighted by atomic mass is 32.2. The molecule has 148 valence electrons. The zero-order valence-corrected chi connectivity index (χ0v) is 17.8. The lowest BCUT2D eigenvalue weighted by atomic mass is 10.3. The van der Waals surface area contributed by atoms with Crippen LogP contribution in [0.4, 0.5) is 11.6 Å². The molecule has 0 amide bonds. The molecule has 0 unspecified atom stereocenters. The molecule has 1 aliphatic heterocycles. The third-order valence-electron chi connectivity index (χ3n) is 4.87. The van der Waals surface area contributed by atoms with Gasteiger partial charge in [-0.1, -0.05) is 6.92 Å². The molecule has 27 heavy (non-hydrogen) atoms. The Morgan fingerprint density at radius 1 is 1.00 bits per heavy atom. The maximum Gasteiger partial charge on any atom is 0.252 e. The van der Waals surface area contributed by atoms with E-state index in [0.29, 0.717) is 30.4 Å². The van der Waals surface area contributed by atoms with Crippen LogP contribution in [0.1, 0.15) is 25.6 Å². The highest BCUT2D eigenvalue weighted by Crippen LogP contribution is 2.26. The lowest BCUT2D eigenvalue weighted by Crippen LogP contribution is -2.48. The minimum atomic E-state index is -3.40. The number of hydrogen-bond donors (Lipinski definition) is 0. The third kappa shape index (κ3) is 4.25. The summed E-state index contributed by atoms with van der Waals surface area (Å²) in [6, 6.07) is 7.58. The van der Waals surface area contributed by atoms with E-state index in [1.165, 1.54) is 11.3 Å².